The van der Waals surface area contributed by atoms with Crippen LogP contribution in [0.2, 0.25) is 0 Å². The average Bonchev–Trinajstić information content (AvgIpc) is 3.16. The van der Waals surface area contributed by atoms with Gasteiger partial charge in [-0.2, -0.15) is 0 Å². The summed E-state index contributed by atoms with van der Waals surface area (Å²) in [5.74, 6) is 2.20. The van der Waals surface area contributed by atoms with E-state index in [-0.39, 0.29) is 5.91 Å². The van der Waals surface area contributed by atoms with E-state index in [4.69, 9.17) is 9.47 Å². The summed E-state index contributed by atoms with van der Waals surface area (Å²) < 4.78 is 11.4. The van der Waals surface area contributed by atoms with Crippen molar-refractivity contribution in [3.8, 4) is 11.5 Å². The van der Waals surface area contributed by atoms with E-state index in [0.29, 0.717) is 31.7 Å². The number of fused-ring (bicyclic) bond motifs is 1. The van der Waals surface area contributed by atoms with Crippen LogP contribution in [0.3, 0.4) is 0 Å². The topological polar surface area (TPSA) is 52.0 Å². The SMILES string of the molecule is CC(C)c1ccc(NC(=O)C[NH+]2CCC[C@@H]2c2ccc3c(c2)OCCO3)cc1. The fourth-order valence-corrected chi connectivity index (χ4v) is 4.17. The standard InChI is InChI=1S/C23H28N2O3/c1-16(2)17-5-8-19(9-6-17)24-23(26)15-25-11-3-4-20(25)18-7-10-21-22(14-18)28-13-12-27-21/h5-10,14,16,20H,3-4,11-13,15H2,1-2H3,(H,24,26)/p+1/t20-/m1/s1. The molecule has 148 valence electrons. The molecule has 2 N–H and O–H groups in total. The van der Waals surface area contributed by atoms with Gasteiger partial charge in [-0.3, -0.25) is 4.79 Å². The van der Waals surface area contributed by atoms with Gasteiger partial charge in [0.05, 0.1) is 6.54 Å². The summed E-state index contributed by atoms with van der Waals surface area (Å²) >= 11 is 0. The van der Waals surface area contributed by atoms with E-state index in [1.165, 1.54) is 16.0 Å². The van der Waals surface area contributed by atoms with E-state index in [2.05, 4.69) is 43.4 Å². The lowest BCUT2D eigenvalue weighted by atomic mass is 10.0. The van der Waals surface area contributed by atoms with Crippen LogP contribution in [-0.4, -0.2) is 32.2 Å². The number of quaternary nitrogens is 1. The Balaban J connectivity index is 1.40. The molecule has 1 saturated heterocycles. The Kier molecular flexibility index (Phi) is 5.53. The summed E-state index contributed by atoms with van der Waals surface area (Å²) in [5, 5.41) is 3.05. The molecule has 2 aliphatic heterocycles. The number of hydrogen-bond acceptors (Lipinski definition) is 3. The third-order valence-corrected chi connectivity index (χ3v) is 5.70. The number of carbonyl (C=O) groups excluding carboxylic acids is 1. The lowest BCUT2D eigenvalue weighted by molar-refractivity contribution is -0.910. The van der Waals surface area contributed by atoms with Crippen molar-refractivity contribution in [1.29, 1.82) is 0 Å². The van der Waals surface area contributed by atoms with Gasteiger partial charge in [0.1, 0.15) is 19.3 Å². The summed E-state index contributed by atoms with van der Waals surface area (Å²) in [5.41, 5.74) is 3.37. The minimum absolute atomic E-state index is 0.0664. The molecule has 1 fully saturated rings. The number of amides is 1. The highest BCUT2D eigenvalue weighted by Gasteiger charge is 2.32. The van der Waals surface area contributed by atoms with Crippen LogP contribution in [0.5, 0.6) is 11.5 Å². The molecule has 5 nitrogen and oxygen atoms in total. The minimum Gasteiger partial charge on any atom is -0.486 e. The first-order chi connectivity index (χ1) is 13.6. The second-order valence-electron chi connectivity index (χ2n) is 8.01. The molecule has 0 bridgehead atoms. The Morgan fingerprint density at radius 2 is 1.86 bits per heavy atom. The molecule has 2 aromatic rings. The highest BCUT2D eigenvalue weighted by molar-refractivity contribution is 5.91. The van der Waals surface area contributed by atoms with Gasteiger partial charge in [0.15, 0.2) is 18.0 Å². The molecule has 1 unspecified atom stereocenters. The normalized spacial score (nSPS) is 21.0. The van der Waals surface area contributed by atoms with Gasteiger partial charge in [-0.1, -0.05) is 26.0 Å². The first-order valence-electron chi connectivity index (χ1n) is 10.2. The van der Waals surface area contributed by atoms with E-state index in [0.717, 1.165) is 36.6 Å². The number of nitrogens with one attached hydrogen (secondary N) is 2. The van der Waals surface area contributed by atoms with Gasteiger partial charge in [0.2, 0.25) is 0 Å². The zero-order valence-corrected chi connectivity index (χ0v) is 16.7. The number of ether oxygens (including phenoxy) is 2. The summed E-state index contributed by atoms with van der Waals surface area (Å²) in [6.07, 6.45) is 2.22. The summed E-state index contributed by atoms with van der Waals surface area (Å²) in [7, 11) is 0. The predicted octanol–water partition coefficient (Wildman–Crippen LogP) is 2.94. The molecule has 0 aromatic heterocycles. The molecule has 2 heterocycles. The molecule has 2 aromatic carbocycles. The molecule has 5 heteroatoms. The molecule has 4 rings (SSSR count). The quantitative estimate of drug-likeness (QED) is 0.837. The largest absolute Gasteiger partial charge is 0.486 e. The number of benzene rings is 2. The zero-order valence-electron chi connectivity index (χ0n) is 16.7. The Morgan fingerprint density at radius 1 is 1.11 bits per heavy atom. The lowest BCUT2D eigenvalue weighted by Gasteiger charge is -2.24. The van der Waals surface area contributed by atoms with Crippen LogP contribution < -0.4 is 19.7 Å². The zero-order chi connectivity index (χ0) is 19.5. The maximum absolute atomic E-state index is 12.6. The smallest absolute Gasteiger partial charge is 0.279 e. The highest BCUT2D eigenvalue weighted by atomic mass is 16.6. The molecule has 0 spiro atoms. The fraction of sp³-hybridized carbons (Fsp3) is 0.435. The van der Waals surface area contributed by atoms with Crippen molar-refractivity contribution in [1.82, 2.24) is 0 Å². The Labute approximate surface area is 166 Å². The minimum atomic E-state index is 0.0664. The summed E-state index contributed by atoms with van der Waals surface area (Å²) in [6.45, 7) is 7.02. The van der Waals surface area contributed by atoms with E-state index < -0.39 is 0 Å². The molecule has 0 aliphatic carbocycles. The van der Waals surface area contributed by atoms with Gasteiger partial charge in [-0.15, -0.1) is 0 Å². The van der Waals surface area contributed by atoms with Crippen molar-refractivity contribution in [2.45, 2.75) is 38.6 Å². The van der Waals surface area contributed by atoms with Crippen LogP contribution in [0.15, 0.2) is 42.5 Å². The second-order valence-corrected chi connectivity index (χ2v) is 8.01. The maximum atomic E-state index is 12.6. The van der Waals surface area contributed by atoms with Crippen LogP contribution in [-0.2, 0) is 4.79 Å². The van der Waals surface area contributed by atoms with Crippen molar-refractivity contribution in [2.24, 2.45) is 0 Å². The monoisotopic (exact) mass is 381 g/mol. The second kappa shape index (κ2) is 8.23. The van der Waals surface area contributed by atoms with E-state index in [9.17, 15) is 4.79 Å². The van der Waals surface area contributed by atoms with E-state index in [1.54, 1.807) is 0 Å². The first kappa shape index (κ1) is 18.8. The maximum Gasteiger partial charge on any atom is 0.279 e. The van der Waals surface area contributed by atoms with Crippen LogP contribution in [0.1, 0.15) is 49.8 Å². The van der Waals surface area contributed by atoms with Crippen LogP contribution in [0.4, 0.5) is 5.69 Å². The molecular weight excluding hydrogens is 352 g/mol. The fourth-order valence-electron chi connectivity index (χ4n) is 4.17. The van der Waals surface area contributed by atoms with E-state index in [1.807, 2.05) is 18.2 Å². The Bertz CT molecular complexity index is 832. The van der Waals surface area contributed by atoms with E-state index >= 15 is 0 Å². The molecule has 1 amide bonds. The van der Waals surface area contributed by atoms with Crippen molar-refractivity contribution in [3.05, 3.63) is 53.6 Å². The molecule has 28 heavy (non-hydrogen) atoms. The van der Waals surface area contributed by atoms with Crippen molar-refractivity contribution in [3.63, 3.8) is 0 Å². The lowest BCUT2D eigenvalue weighted by Crippen LogP contribution is -3.11. The van der Waals surface area contributed by atoms with Crippen molar-refractivity contribution < 1.29 is 19.2 Å². The van der Waals surface area contributed by atoms with Crippen molar-refractivity contribution in [2.75, 3.05) is 31.6 Å². The Morgan fingerprint density at radius 3 is 2.61 bits per heavy atom. The van der Waals surface area contributed by atoms with Gasteiger partial charge < -0.3 is 19.7 Å². The Hall–Kier alpha value is -2.53. The first-order valence-corrected chi connectivity index (χ1v) is 10.2. The summed E-state index contributed by atoms with van der Waals surface area (Å²) in [4.78, 5) is 13.9. The molecule has 2 aliphatic rings. The van der Waals surface area contributed by atoms with Gasteiger partial charge in [0, 0.05) is 24.1 Å². The number of anilines is 1. The number of likely N-dealkylation sites (tertiary alicyclic amines) is 1. The molecule has 2 atom stereocenters. The number of carbonyl (C=O) groups is 1. The van der Waals surface area contributed by atoms with Gasteiger partial charge >= 0.3 is 0 Å². The summed E-state index contributed by atoms with van der Waals surface area (Å²) in [6, 6.07) is 14.7. The molecule has 0 radical (unpaired) electrons. The van der Waals surface area contributed by atoms with Crippen LogP contribution in [0.25, 0.3) is 0 Å². The predicted molar refractivity (Wildman–Crippen MR) is 109 cm³/mol. The third-order valence-electron chi connectivity index (χ3n) is 5.70. The molecule has 0 saturated carbocycles. The highest BCUT2D eigenvalue weighted by Crippen LogP contribution is 2.33. The number of rotatable bonds is 5. The van der Waals surface area contributed by atoms with Gasteiger partial charge in [0.25, 0.3) is 5.91 Å². The average molecular weight is 381 g/mol. The molecular formula is C23H29N2O3+. The van der Waals surface area contributed by atoms with Crippen LogP contribution in [0, 0.1) is 0 Å². The van der Waals surface area contributed by atoms with Crippen LogP contribution >= 0.6 is 0 Å². The van der Waals surface area contributed by atoms with Crippen molar-refractivity contribution >= 4 is 11.6 Å². The number of hydrogen-bond donors (Lipinski definition) is 2. The third kappa shape index (κ3) is 4.14. The van der Waals surface area contributed by atoms with Gasteiger partial charge in [-0.25, -0.2) is 0 Å². The van der Waals surface area contributed by atoms with Gasteiger partial charge in [-0.05, 0) is 41.8 Å².